The Morgan fingerprint density at radius 3 is 1.36 bits per heavy atom. The molecule has 0 aliphatic carbocycles. The second-order valence-corrected chi connectivity index (χ2v) is 3.88. The lowest BCUT2D eigenvalue weighted by Crippen LogP contribution is -2.12. The van der Waals surface area contributed by atoms with E-state index in [1.165, 1.54) is 0 Å². The second kappa shape index (κ2) is 15.9. The molecule has 0 amide bonds. The van der Waals surface area contributed by atoms with Crippen molar-refractivity contribution < 1.29 is 38.0 Å². The molecule has 0 rings (SSSR count). The van der Waals surface area contributed by atoms with Gasteiger partial charge in [0.05, 0.1) is 39.6 Å². The zero-order chi connectivity index (χ0) is 16.5. The van der Waals surface area contributed by atoms with Gasteiger partial charge < -0.3 is 28.4 Å². The van der Waals surface area contributed by atoms with Gasteiger partial charge in [0, 0.05) is 26.4 Å². The Kier molecular flexibility index (Phi) is 14.8. The van der Waals surface area contributed by atoms with Crippen molar-refractivity contribution >= 4 is 11.9 Å². The Morgan fingerprint density at radius 1 is 0.636 bits per heavy atom. The van der Waals surface area contributed by atoms with Crippen LogP contribution in [0.25, 0.3) is 0 Å². The van der Waals surface area contributed by atoms with Gasteiger partial charge in [-0.15, -0.1) is 0 Å². The maximum atomic E-state index is 11.2. The fraction of sp³-hybridized carbons (Fsp3) is 0.714. The molecule has 8 nitrogen and oxygen atoms in total. The van der Waals surface area contributed by atoms with E-state index >= 15 is 0 Å². The van der Waals surface area contributed by atoms with Gasteiger partial charge in [-0.25, -0.2) is 9.59 Å². The van der Waals surface area contributed by atoms with Crippen LogP contribution in [0.4, 0.5) is 0 Å². The maximum Gasteiger partial charge on any atom is 0.331 e. The highest BCUT2D eigenvalue weighted by atomic mass is 16.6. The average molecular weight is 320 g/mol. The number of hydrogen-bond acceptors (Lipinski definition) is 8. The summed E-state index contributed by atoms with van der Waals surface area (Å²) >= 11 is 0. The summed E-state index contributed by atoms with van der Waals surface area (Å²) in [6.45, 7) is 2.58. The normalized spacial score (nSPS) is 10.8. The number of hydrogen-bond donors (Lipinski definition) is 0. The minimum absolute atomic E-state index is 0.106. The van der Waals surface area contributed by atoms with Crippen molar-refractivity contribution in [1.29, 1.82) is 0 Å². The maximum absolute atomic E-state index is 11.2. The number of carbonyl (C=O) groups is 2. The van der Waals surface area contributed by atoms with E-state index < -0.39 is 11.9 Å². The highest BCUT2D eigenvalue weighted by Crippen LogP contribution is 1.87. The quantitative estimate of drug-likeness (QED) is 0.250. The van der Waals surface area contributed by atoms with Gasteiger partial charge >= 0.3 is 11.9 Å². The van der Waals surface area contributed by atoms with Gasteiger partial charge in [0.1, 0.15) is 13.2 Å². The van der Waals surface area contributed by atoms with Crippen LogP contribution in [0.1, 0.15) is 0 Å². The molecule has 0 atom stereocenters. The molecular formula is C14H24O8. The third-order valence-corrected chi connectivity index (χ3v) is 2.16. The van der Waals surface area contributed by atoms with Crippen LogP contribution in [-0.4, -0.2) is 79.0 Å². The van der Waals surface area contributed by atoms with Crippen LogP contribution in [0.5, 0.6) is 0 Å². The summed E-state index contributed by atoms with van der Waals surface area (Å²) < 4.78 is 29.4. The van der Waals surface area contributed by atoms with Crippen LogP contribution in [0.3, 0.4) is 0 Å². The van der Waals surface area contributed by atoms with E-state index in [4.69, 9.17) is 28.4 Å². The fourth-order valence-corrected chi connectivity index (χ4v) is 1.12. The molecule has 0 fully saturated rings. The van der Waals surface area contributed by atoms with Gasteiger partial charge in [-0.3, -0.25) is 0 Å². The molecule has 0 bridgehead atoms. The van der Waals surface area contributed by atoms with Crippen molar-refractivity contribution in [3.05, 3.63) is 12.2 Å². The summed E-state index contributed by atoms with van der Waals surface area (Å²) in [5.41, 5.74) is 0. The molecule has 0 heterocycles. The summed E-state index contributed by atoms with van der Waals surface area (Å²) in [7, 11) is 3.14. The van der Waals surface area contributed by atoms with Gasteiger partial charge in [0.15, 0.2) is 0 Å². The molecule has 0 saturated heterocycles. The predicted molar refractivity (Wildman–Crippen MR) is 76.4 cm³/mol. The molecule has 0 radical (unpaired) electrons. The van der Waals surface area contributed by atoms with Gasteiger partial charge in [0.2, 0.25) is 0 Å². The lowest BCUT2D eigenvalue weighted by Gasteiger charge is -2.04. The third kappa shape index (κ3) is 14.9. The summed E-state index contributed by atoms with van der Waals surface area (Å²) in [4.78, 5) is 22.5. The zero-order valence-electron chi connectivity index (χ0n) is 13.1. The molecule has 0 saturated carbocycles. The van der Waals surface area contributed by atoms with Gasteiger partial charge in [-0.05, 0) is 0 Å². The van der Waals surface area contributed by atoms with Crippen LogP contribution >= 0.6 is 0 Å². The largest absolute Gasteiger partial charge is 0.460 e. The van der Waals surface area contributed by atoms with Crippen molar-refractivity contribution in [2.45, 2.75) is 0 Å². The van der Waals surface area contributed by atoms with E-state index in [0.29, 0.717) is 26.4 Å². The van der Waals surface area contributed by atoms with Gasteiger partial charge in [-0.1, -0.05) is 0 Å². The van der Waals surface area contributed by atoms with E-state index in [9.17, 15) is 9.59 Å². The minimum atomic E-state index is -0.636. The Hall–Kier alpha value is -1.48. The van der Waals surface area contributed by atoms with Gasteiger partial charge in [0.25, 0.3) is 0 Å². The summed E-state index contributed by atoms with van der Waals surface area (Å²) in [6, 6.07) is 0. The number of rotatable bonds is 14. The van der Waals surface area contributed by atoms with Crippen molar-refractivity contribution in [3.8, 4) is 0 Å². The molecule has 0 aliphatic rings. The van der Waals surface area contributed by atoms with Crippen LogP contribution in [0, 0.1) is 0 Å². The van der Waals surface area contributed by atoms with Crippen LogP contribution in [0.15, 0.2) is 12.2 Å². The third-order valence-electron chi connectivity index (χ3n) is 2.16. The number of esters is 2. The summed E-state index contributed by atoms with van der Waals surface area (Å²) in [5.74, 6) is -1.27. The Bertz CT molecular complexity index is 286. The lowest BCUT2D eigenvalue weighted by molar-refractivity contribution is -0.142. The van der Waals surface area contributed by atoms with E-state index in [0.717, 1.165) is 12.2 Å². The first kappa shape index (κ1) is 20.5. The van der Waals surface area contributed by atoms with Crippen molar-refractivity contribution in [1.82, 2.24) is 0 Å². The molecule has 128 valence electrons. The van der Waals surface area contributed by atoms with Crippen LogP contribution in [-0.2, 0) is 38.0 Å². The number of carbonyl (C=O) groups excluding carboxylic acids is 2. The first-order valence-electron chi connectivity index (χ1n) is 6.85. The molecule has 0 aromatic heterocycles. The van der Waals surface area contributed by atoms with Crippen molar-refractivity contribution in [3.63, 3.8) is 0 Å². The fourth-order valence-electron chi connectivity index (χ4n) is 1.12. The topological polar surface area (TPSA) is 89.5 Å². The molecular weight excluding hydrogens is 296 g/mol. The van der Waals surface area contributed by atoms with Crippen molar-refractivity contribution in [2.24, 2.45) is 0 Å². The van der Waals surface area contributed by atoms with E-state index in [1.54, 1.807) is 14.2 Å². The average Bonchev–Trinajstić information content (AvgIpc) is 2.52. The number of methoxy groups -OCH3 is 2. The Balaban J connectivity index is 3.51. The molecule has 0 aromatic rings. The Morgan fingerprint density at radius 2 is 1.00 bits per heavy atom. The van der Waals surface area contributed by atoms with E-state index in [2.05, 4.69) is 0 Å². The first-order chi connectivity index (χ1) is 10.7. The molecule has 0 aliphatic heterocycles. The Labute approximate surface area is 130 Å². The summed E-state index contributed by atoms with van der Waals surface area (Å²) in [5, 5.41) is 0. The van der Waals surface area contributed by atoms with E-state index in [1.807, 2.05) is 0 Å². The molecule has 0 aromatic carbocycles. The molecule has 8 heteroatoms. The molecule has 22 heavy (non-hydrogen) atoms. The zero-order valence-corrected chi connectivity index (χ0v) is 13.1. The SMILES string of the molecule is COCCOCCOC(=O)/C=C/C(=O)OCCOCCOC. The lowest BCUT2D eigenvalue weighted by atomic mass is 10.5. The second-order valence-electron chi connectivity index (χ2n) is 3.88. The highest BCUT2D eigenvalue weighted by Gasteiger charge is 2.01. The first-order valence-corrected chi connectivity index (χ1v) is 6.85. The van der Waals surface area contributed by atoms with E-state index in [-0.39, 0.29) is 26.4 Å². The van der Waals surface area contributed by atoms with Crippen molar-refractivity contribution in [2.75, 3.05) is 67.1 Å². The summed E-state index contributed by atoms with van der Waals surface area (Å²) in [6.07, 6.45) is 2.01. The minimum Gasteiger partial charge on any atom is -0.460 e. The van der Waals surface area contributed by atoms with Gasteiger partial charge in [-0.2, -0.15) is 0 Å². The molecule has 0 spiro atoms. The molecule has 0 unspecified atom stereocenters. The predicted octanol–water partition coefficient (Wildman–Crippen LogP) is -0.0450. The van der Waals surface area contributed by atoms with Crippen LogP contribution < -0.4 is 0 Å². The molecule has 0 N–H and O–H groups in total. The number of ether oxygens (including phenoxy) is 6. The smallest absolute Gasteiger partial charge is 0.331 e. The monoisotopic (exact) mass is 320 g/mol. The standard InChI is InChI=1S/C14H24O8/c1-17-5-7-19-9-11-21-13(15)3-4-14(16)22-12-10-20-8-6-18-2/h3-4H,5-12H2,1-2H3/b4-3+. The van der Waals surface area contributed by atoms with Crippen LogP contribution in [0.2, 0.25) is 0 Å². The highest BCUT2D eigenvalue weighted by molar-refractivity contribution is 5.91.